The molecule has 0 aliphatic heterocycles. The molecule has 2 aromatic carbocycles. The van der Waals surface area contributed by atoms with E-state index in [-0.39, 0.29) is 35.1 Å². The van der Waals surface area contributed by atoms with Crippen LogP contribution in [0.3, 0.4) is 0 Å². The molecular formula is C20H23FN2O3S. The minimum Gasteiger partial charge on any atom is -0.494 e. The summed E-state index contributed by atoms with van der Waals surface area (Å²) in [5.74, 6) is -0.376. The van der Waals surface area contributed by atoms with Crippen molar-refractivity contribution < 1.29 is 18.7 Å². The summed E-state index contributed by atoms with van der Waals surface area (Å²) in [6, 6.07) is 11.7. The van der Waals surface area contributed by atoms with Crippen molar-refractivity contribution in [3.05, 3.63) is 59.4 Å². The number of anilines is 1. The second-order valence-corrected chi connectivity index (χ2v) is 7.08. The summed E-state index contributed by atoms with van der Waals surface area (Å²) in [4.78, 5) is 24.0. The lowest BCUT2D eigenvalue weighted by Gasteiger charge is -2.15. The number of carbonyl (C=O) groups is 2. The highest BCUT2D eigenvalue weighted by Crippen LogP contribution is 2.21. The van der Waals surface area contributed by atoms with Gasteiger partial charge in [0.2, 0.25) is 11.8 Å². The fraction of sp³-hybridized carbons (Fsp3) is 0.300. The molecule has 2 N–H and O–H groups in total. The summed E-state index contributed by atoms with van der Waals surface area (Å²) < 4.78 is 18.6. The maximum atomic E-state index is 13.8. The molecule has 144 valence electrons. The average molecular weight is 390 g/mol. The van der Waals surface area contributed by atoms with Crippen molar-refractivity contribution in [2.45, 2.75) is 19.9 Å². The zero-order valence-electron chi connectivity index (χ0n) is 15.5. The molecule has 2 aromatic rings. The molecule has 7 heteroatoms. The van der Waals surface area contributed by atoms with E-state index >= 15 is 0 Å². The van der Waals surface area contributed by atoms with Crippen LogP contribution in [0.1, 0.15) is 24.1 Å². The largest absolute Gasteiger partial charge is 0.494 e. The first-order valence-electron chi connectivity index (χ1n) is 8.46. The highest BCUT2D eigenvalue weighted by molar-refractivity contribution is 8.00. The number of ether oxygens (including phenoxy) is 1. The standard InChI is InChI=1S/C20H23FN2O3S/c1-13-5-4-6-16(9-13)23-20(25)12-27-11-19(24)22-14(2)15-7-8-18(26-3)17(21)10-15/h4-10,14H,11-12H2,1-3H3,(H,22,24)(H,23,25)/t14-/m1/s1. The van der Waals surface area contributed by atoms with Crippen molar-refractivity contribution in [1.82, 2.24) is 5.32 Å². The Morgan fingerprint density at radius 3 is 2.56 bits per heavy atom. The van der Waals surface area contributed by atoms with Crippen LogP contribution in [0.5, 0.6) is 5.75 Å². The zero-order valence-corrected chi connectivity index (χ0v) is 16.4. The minimum absolute atomic E-state index is 0.143. The summed E-state index contributed by atoms with van der Waals surface area (Å²) in [6.07, 6.45) is 0. The quantitative estimate of drug-likeness (QED) is 0.721. The highest BCUT2D eigenvalue weighted by Gasteiger charge is 2.13. The smallest absolute Gasteiger partial charge is 0.234 e. The number of thioether (sulfide) groups is 1. The molecule has 0 heterocycles. The van der Waals surface area contributed by atoms with Gasteiger partial charge in [0.1, 0.15) is 0 Å². The van der Waals surface area contributed by atoms with Crippen molar-refractivity contribution in [2.24, 2.45) is 0 Å². The predicted octanol–water partition coefficient (Wildman–Crippen LogP) is 3.69. The number of nitrogens with one attached hydrogen (secondary N) is 2. The molecule has 0 bridgehead atoms. The summed E-state index contributed by atoms with van der Waals surface area (Å²) in [6.45, 7) is 3.72. The molecule has 0 aliphatic rings. The van der Waals surface area contributed by atoms with Crippen LogP contribution in [-0.2, 0) is 9.59 Å². The Hall–Kier alpha value is -2.54. The average Bonchev–Trinajstić information content (AvgIpc) is 2.61. The van der Waals surface area contributed by atoms with Gasteiger partial charge in [0.15, 0.2) is 11.6 Å². The third-order valence-corrected chi connectivity index (χ3v) is 4.75. The van der Waals surface area contributed by atoms with Crippen molar-refractivity contribution in [3.63, 3.8) is 0 Å². The van der Waals surface area contributed by atoms with Crippen molar-refractivity contribution in [3.8, 4) is 5.75 Å². The number of hydrogen-bond donors (Lipinski definition) is 2. The summed E-state index contributed by atoms with van der Waals surface area (Å²) in [7, 11) is 1.40. The molecule has 5 nitrogen and oxygen atoms in total. The first kappa shape index (κ1) is 20.8. The van der Waals surface area contributed by atoms with Gasteiger partial charge < -0.3 is 15.4 Å². The van der Waals surface area contributed by atoms with E-state index in [1.54, 1.807) is 13.0 Å². The van der Waals surface area contributed by atoms with Gasteiger partial charge in [0.05, 0.1) is 24.7 Å². The monoisotopic (exact) mass is 390 g/mol. The van der Waals surface area contributed by atoms with Crippen LogP contribution in [0.4, 0.5) is 10.1 Å². The molecule has 0 fully saturated rings. The lowest BCUT2D eigenvalue weighted by molar-refractivity contribution is -0.119. The molecule has 0 saturated carbocycles. The highest BCUT2D eigenvalue weighted by atomic mass is 32.2. The van der Waals surface area contributed by atoms with Crippen LogP contribution < -0.4 is 15.4 Å². The van der Waals surface area contributed by atoms with Gasteiger partial charge in [-0.2, -0.15) is 0 Å². The lowest BCUT2D eigenvalue weighted by Crippen LogP contribution is -2.29. The predicted molar refractivity (Wildman–Crippen MR) is 107 cm³/mol. The maximum Gasteiger partial charge on any atom is 0.234 e. The fourth-order valence-corrected chi connectivity index (χ4v) is 3.10. The molecule has 0 aliphatic carbocycles. The van der Waals surface area contributed by atoms with E-state index in [0.717, 1.165) is 11.3 Å². The van der Waals surface area contributed by atoms with E-state index in [0.29, 0.717) is 5.56 Å². The molecule has 0 radical (unpaired) electrons. The fourth-order valence-electron chi connectivity index (χ4n) is 2.47. The Kier molecular flexibility index (Phi) is 7.67. The van der Waals surface area contributed by atoms with Crippen molar-refractivity contribution in [2.75, 3.05) is 23.9 Å². The van der Waals surface area contributed by atoms with Gasteiger partial charge >= 0.3 is 0 Å². The molecule has 0 saturated heterocycles. The molecule has 2 amide bonds. The molecule has 0 aromatic heterocycles. The van der Waals surface area contributed by atoms with E-state index in [1.165, 1.54) is 31.0 Å². The van der Waals surface area contributed by atoms with Gasteiger partial charge in [-0.25, -0.2) is 4.39 Å². The van der Waals surface area contributed by atoms with Gasteiger partial charge in [-0.15, -0.1) is 11.8 Å². The van der Waals surface area contributed by atoms with Crippen LogP contribution in [-0.4, -0.2) is 30.4 Å². The number of halogens is 1. The first-order chi connectivity index (χ1) is 12.9. The summed E-state index contributed by atoms with van der Waals surface area (Å²) in [5.41, 5.74) is 2.44. The molecule has 0 spiro atoms. The number of hydrogen-bond acceptors (Lipinski definition) is 4. The van der Waals surface area contributed by atoms with Crippen molar-refractivity contribution >= 4 is 29.3 Å². The molecular weight excluding hydrogens is 367 g/mol. The van der Waals surface area contributed by atoms with E-state index in [4.69, 9.17) is 4.74 Å². The molecule has 1 atom stereocenters. The Balaban J connectivity index is 1.75. The van der Waals surface area contributed by atoms with Crippen LogP contribution >= 0.6 is 11.8 Å². The topological polar surface area (TPSA) is 67.4 Å². The second kappa shape index (κ2) is 9.97. The zero-order chi connectivity index (χ0) is 19.8. The minimum atomic E-state index is -0.474. The van der Waals surface area contributed by atoms with E-state index in [9.17, 15) is 14.0 Å². The van der Waals surface area contributed by atoms with Crippen molar-refractivity contribution in [1.29, 1.82) is 0 Å². The number of carbonyl (C=O) groups excluding carboxylic acids is 2. The van der Waals surface area contributed by atoms with E-state index in [2.05, 4.69) is 10.6 Å². The van der Waals surface area contributed by atoms with Gasteiger partial charge in [-0.05, 0) is 49.2 Å². The van der Waals surface area contributed by atoms with E-state index in [1.807, 2.05) is 31.2 Å². The first-order valence-corrected chi connectivity index (χ1v) is 9.61. The van der Waals surface area contributed by atoms with Crippen LogP contribution in [0.15, 0.2) is 42.5 Å². The third kappa shape index (κ3) is 6.60. The molecule has 27 heavy (non-hydrogen) atoms. The molecule has 0 unspecified atom stereocenters. The number of amides is 2. The number of aryl methyl sites for hydroxylation is 1. The second-order valence-electron chi connectivity index (χ2n) is 6.09. The van der Waals surface area contributed by atoms with Gasteiger partial charge in [-0.1, -0.05) is 18.2 Å². The van der Waals surface area contributed by atoms with Gasteiger partial charge in [-0.3, -0.25) is 9.59 Å². The van der Waals surface area contributed by atoms with Crippen LogP contribution in [0, 0.1) is 12.7 Å². The number of rotatable bonds is 8. The van der Waals surface area contributed by atoms with Crippen LogP contribution in [0.2, 0.25) is 0 Å². The van der Waals surface area contributed by atoms with Gasteiger partial charge in [0.25, 0.3) is 0 Å². The van der Waals surface area contributed by atoms with Gasteiger partial charge in [0, 0.05) is 5.69 Å². The summed E-state index contributed by atoms with van der Waals surface area (Å²) >= 11 is 1.22. The SMILES string of the molecule is COc1ccc([C@@H](C)NC(=O)CSCC(=O)Nc2cccc(C)c2)cc1F. The van der Waals surface area contributed by atoms with E-state index < -0.39 is 5.82 Å². The van der Waals surface area contributed by atoms with Crippen LogP contribution in [0.25, 0.3) is 0 Å². The summed E-state index contributed by atoms with van der Waals surface area (Å²) in [5, 5.41) is 5.59. The Bertz CT molecular complexity index is 814. The number of methoxy groups -OCH3 is 1. The molecule has 2 rings (SSSR count). The normalized spacial score (nSPS) is 11.6. The Labute approximate surface area is 162 Å². The maximum absolute atomic E-state index is 13.8. The Morgan fingerprint density at radius 2 is 1.89 bits per heavy atom. The Morgan fingerprint density at radius 1 is 1.15 bits per heavy atom. The number of benzene rings is 2. The lowest BCUT2D eigenvalue weighted by atomic mass is 10.1. The third-order valence-electron chi connectivity index (χ3n) is 3.82.